The van der Waals surface area contributed by atoms with E-state index in [1.165, 1.54) is 12.0 Å². The molecule has 0 spiro atoms. The SMILES string of the molecule is CCCC(C)(C)Sc1cc(C)cc(C(C)(C)C)c1O. The van der Waals surface area contributed by atoms with Crippen molar-refractivity contribution in [3.63, 3.8) is 0 Å². The van der Waals surface area contributed by atoms with E-state index in [2.05, 4.69) is 60.6 Å². The number of aryl methyl sites for hydroxylation is 1. The Bertz CT molecular complexity index is 441. The van der Waals surface area contributed by atoms with Gasteiger partial charge in [-0.25, -0.2) is 0 Å². The Morgan fingerprint density at radius 2 is 1.68 bits per heavy atom. The molecule has 0 saturated carbocycles. The van der Waals surface area contributed by atoms with E-state index in [0.717, 1.165) is 16.9 Å². The topological polar surface area (TPSA) is 20.2 Å². The zero-order valence-electron chi connectivity index (χ0n) is 13.4. The van der Waals surface area contributed by atoms with Crippen molar-refractivity contribution < 1.29 is 5.11 Å². The highest BCUT2D eigenvalue weighted by atomic mass is 32.2. The molecule has 0 aliphatic rings. The molecular weight excluding hydrogens is 252 g/mol. The smallest absolute Gasteiger partial charge is 0.132 e. The molecule has 0 saturated heterocycles. The van der Waals surface area contributed by atoms with Gasteiger partial charge in [0.1, 0.15) is 5.75 Å². The standard InChI is InChI=1S/C17H28OS/c1-8-9-17(6,7)19-14-11-12(2)10-13(15(14)18)16(3,4)5/h10-11,18H,8-9H2,1-7H3. The van der Waals surface area contributed by atoms with Crippen molar-refractivity contribution in [3.8, 4) is 5.75 Å². The Balaban J connectivity index is 3.19. The van der Waals surface area contributed by atoms with Crippen molar-refractivity contribution in [3.05, 3.63) is 23.3 Å². The van der Waals surface area contributed by atoms with Crippen molar-refractivity contribution in [2.75, 3.05) is 0 Å². The molecular formula is C17H28OS. The summed E-state index contributed by atoms with van der Waals surface area (Å²) in [5, 5.41) is 10.6. The maximum absolute atomic E-state index is 10.6. The van der Waals surface area contributed by atoms with Crippen LogP contribution < -0.4 is 0 Å². The summed E-state index contributed by atoms with van der Waals surface area (Å²) >= 11 is 1.79. The van der Waals surface area contributed by atoms with Crippen LogP contribution in [0.15, 0.2) is 17.0 Å². The Morgan fingerprint density at radius 3 is 2.16 bits per heavy atom. The van der Waals surface area contributed by atoms with Crippen molar-refractivity contribution in [1.29, 1.82) is 0 Å². The molecule has 1 rings (SSSR count). The Hall–Kier alpha value is -0.630. The molecule has 0 radical (unpaired) electrons. The monoisotopic (exact) mass is 280 g/mol. The first-order valence-electron chi connectivity index (χ1n) is 7.10. The molecule has 1 nitrogen and oxygen atoms in total. The summed E-state index contributed by atoms with van der Waals surface area (Å²) < 4.78 is 0.162. The van der Waals surface area contributed by atoms with Gasteiger partial charge in [-0.05, 0) is 30.4 Å². The van der Waals surface area contributed by atoms with E-state index in [-0.39, 0.29) is 10.2 Å². The van der Waals surface area contributed by atoms with Gasteiger partial charge in [0.2, 0.25) is 0 Å². The van der Waals surface area contributed by atoms with E-state index in [1.54, 1.807) is 11.8 Å². The number of thioether (sulfide) groups is 1. The number of aromatic hydroxyl groups is 1. The summed E-state index contributed by atoms with van der Waals surface area (Å²) in [5.41, 5.74) is 2.24. The van der Waals surface area contributed by atoms with E-state index in [1.807, 2.05) is 0 Å². The maximum atomic E-state index is 10.6. The van der Waals surface area contributed by atoms with Gasteiger partial charge in [-0.3, -0.25) is 0 Å². The van der Waals surface area contributed by atoms with Gasteiger partial charge in [0, 0.05) is 10.3 Å². The fraction of sp³-hybridized carbons (Fsp3) is 0.647. The number of rotatable bonds is 4. The van der Waals surface area contributed by atoms with Gasteiger partial charge in [-0.15, -0.1) is 11.8 Å². The first kappa shape index (κ1) is 16.4. The number of hydrogen-bond acceptors (Lipinski definition) is 2. The van der Waals surface area contributed by atoms with Gasteiger partial charge in [0.05, 0.1) is 4.90 Å². The lowest BCUT2D eigenvalue weighted by molar-refractivity contribution is 0.433. The Morgan fingerprint density at radius 1 is 1.11 bits per heavy atom. The molecule has 1 aromatic rings. The van der Waals surface area contributed by atoms with Crippen LogP contribution in [0, 0.1) is 6.92 Å². The number of phenolic OH excluding ortho intramolecular Hbond substituents is 1. The average Bonchev–Trinajstić information content (AvgIpc) is 2.20. The van der Waals surface area contributed by atoms with Crippen LogP contribution in [0.5, 0.6) is 5.75 Å². The first-order valence-corrected chi connectivity index (χ1v) is 7.91. The van der Waals surface area contributed by atoms with E-state index in [4.69, 9.17) is 0 Å². The van der Waals surface area contributed by atoms with Crippen molar-refractivity contribution in [2.45, 2.75) is 76.4 Å². The highest BCUT2D eigenvalue weighted by Gasteiger charge is 2.25. The fourth-order valence-electron chi connectivity index (χ4n) is 2.35. The lowest BCUT2D eigenvalue weighted by Gasteiger charge is -2.27. The van der Waals surface area contributed by atoms with Crippen LogP contribution in [-0.4, -0.2) is 9.85 Å². The van der Waals surface area contributed by atoms with Crippen molar-refractivity contribution in [2.24, 2.45) is 0 Å². The molecule has 0 atom stereocenters. The summed E-state index contributed by atoms with van der Waals surface area (Å²) in [5.74, 6) is 0.465. The molecule has 0 aliphatic heterocycles. The normalized spacial score (nSPS) is 12.8. The summed E-state index contributed by atoms with van der Waals surface area (Å²) in [6, 6.07) is 4.21. The zero-order chi connectivity index (χ0) is 14.8. The quantitative estimate of drug-likeness (QED) is 0.717. The molecule has 0 bridgehead atoms. The number of benzene rings is 1. The van der Waals surface area contributed by atoms with Gasteiger partial charge in [-0.2, -0.15) is 0 Å². The van der Waals surface area contributed by atoms with Crippen LogP contribution in [-0.2, 0) is 5.41 Å². The summed E-state index contributed by atoms with van der Waals surface area (Å²) in [6.07, 6.45) is 2.31. The maximum Gasteiger partial charge on any atom is 0.132 e. The second-order valence-electron chi connectivity index (χ2n) is 7.02. The minimum absolute atomic E-state index is 0.0275. The molecule has 1 aromatic carbocycles. The second-order valence-corrected chi connectivity index (χ2v) is 8.77. The average molecular weight is 280 g/mol. The molecule has 2 heteroatoms. The summed E-state index contributed by atoms with van der Waals surface area (Å²) in [6.45, 7) is 15.2. The van der Waals surface area contributed by atoms with Gasteiger partial charge >= 0.3 is 0 Å². The predicted molar refractivity (Wildman–Crippen MR) is 86.4 cm³/mol. The van der Waals surface area contributed by atoms with Gasteiger partial charge < -0.3 is 5.11 Å². The van der Waals surface area contributed by atoms with E-state index in [0.29, 0.717) is 5.75 Å². The molecule has 0 unspecified atom stereocenters. The van der Waals surface area contributed by atoms with E-state index >= 15 is 0 Å². The minimum Gasteiger partial charge on any atom is -0.506 e. The largest absolute Gasteiger partial charge is 0.506 e. The number of hydrogen-bond donors (Lipinski definition) is 1. The van der Waals surface area contributed by atoms with Crippen LogP contribution in [0.2, 0.25) is 0 Å². The number of phenols is 1. The third kappa shape index (κ3) is 4.45. The molecule has 0 aliphatic carbocycles. The van der Waals surface area contributed by atoms with Crippen LogP contribution in [0.25, 0.3) is 0 Å². The third-order valence-electron chi connectivity index (χ3n) is 3.27. The zero-order valence-corrected chi connectivity index (χ0v) is 14.2. The molecule has 0 heterocycles. The molecule has 1 N–H and O–H groups in total. The molecule has 19 heavy (non-hydrogen) atoms. The van der Waals surface area contributed by atoms with Crippen molar-refractivity contribution >= 4 is 11.8 Å². The van der Waals surface area contributed by atoms with Gasteiger partial charge in [0.25, 0.3) is 0 Å². The van der Waals surface area contributed by atoms with E-state index in [9.17, 15) is 5.11 Å². The molecule has 0 aromatic heterocycles. The van der Waals surface area contributed by atoms with Crippen LogP contribution in [0.4, 0.5) is 0 Å². The van der Waals surface area contributed by atoms with Crippen LogP contribution in [0.1, 0.15) is 65.5 Å². The minimum atomic E-state index is -0.0275. The first-order chi connectivity index (χ1) is 8.57. The highest BCUT2D eigenvalue weighted by Crippen LogP contribution is 2.44. The van der Waals surface area contributed by atoms with Gasteiger partial charge in [-0.1, -0.05) is 54.0 Å². The van der Waals surface area contributed by atoms with Gasteiger partial charge in [0.15, 0.2) is 0 Å². The third-order valence-corrected chi connectivity index (χ3v) is 4.55. The summed E-state index contributed by atoms with van der Waals surface area (Å²) in [7, 11) is 0. The lowest BCUT2D eigenvalue weighted by Crippen LogP contribution is -2.15. The van der Waals surface area contributed by atoms with E-state index < -0.39 is 0 Å². The molecule has 0 amide bonds. The lowest BCUT2D eigenvalue weighted by atomic mass is 9.85. The fourth-order valence-corrected chi connectivity index (χ4v) is 3.70. The van der Waals surface area contributed by atoms with Crippen molar-refractivity contribution in [1.82, 2.24) is 0 Å². The summed E-state index contributed by atoms with van der Waals surface area (Å²) in [4.78, 5) is 1.02. The Kier molecular flexibility index (Phi) is 5.00. The van der Waals surface area contributed by atoms with Crippen LogP contribution >= 0.6 is 11.8 Å². The Labute approximate surface area is 122 Å². The predicted octanol–water partition coefficient (Wildman–Crippen LogP) is 5.67. The molecule has 108 valence electrons. The molecule has 0 fully saturated rings. The van der Waals surface area contributed by atoms with Crippen LogP contribution in [0.3, 0.4) is 0 Å². The highest BCUT2D eigenvalue weighted by molar-refractivity contribution is 8.00. The second kappa shape index (κ2) is 5.78.